The fourth-order valence-electron chi connectivity index (χ4n) is 1.56. The first-order chi connectivity index (χ1) is 8.24. The number of ether oxygens (including phenoxy) is 1. The molecule has 1 N–H and O–H groups in total. The van der Waals surface area contributed by atoms with E-state index < -0.39 is 0 Å². The summed E-state index contributed by atoms with van der Waals surface area (Å²) in [6.45, 7) is 6.49. The summed E-state index contributed by atoms with van der Waals surface area (Å²) in [6, 6.07) is 8.45. The molecule has 0 aliphatic heterocycles. The van der Waals surface area contributed by atoms with Crippen LogP contribution in [0, 0.1) is 0 Å². The topological polar surface area (TPSA) is 24.5 Å². The van der Waals surface area contributed by atoms with E-state index >= 15 is 0 Å². The molecule has 3 heteroatoms. The van der Waals surface area contributed by atoms with Crippen molar-refractivity contribution in [2.45, 2.75) is 20.1 Å². The van der Waals surface area contributed by atoms with E-state index in [0.29, 0.717) is 6.61 Å². The summed E-state index contributed by atoms with van der Waals surface area (Å²) in [5, 5.41) is 3.35. The van der Waals surface area contributed by atoms with Crippen molar-refractivity contribution in [1.82, 2.24) is 10.2 Å². The predicted molar refractivity (Wildman–Crippen MR) is 72.0 cm³/mol. The highest BCUT2D eigenvalue weighted by molar-refractivity contribution is 5.26. The monoisotopic (exact) mass is 236 g/mol. The highest BCUT2D eigenvalue weighted by Crippen LogP contribution is 2.09. The molecule has 0 atom stereocenters. The molecule has 0 radical (unpaired) electrons. The molecule has 0 aromatic heterocycles. The van der Waals surface area contributed by atoms with Crippen molar-refractivity contribution >= 4 is 0 Å². The fourth-order valence-corrected chi connectivity index (χ4v) is 1.56. The number of rotatable bonds is 8. The third kappa shape index (κ3) is 5.82. The van der Waals surface area contributed by atoms with Crippen LogP contribution in [-0.2, 0) is 17.9 Å². The smallest absolute Gasteiger partial charge is 0.0720 e. The first kappa shape index (κ1) is 14.2. The Bertz CT molecular complexity index is 313. The van der Waals surface area contributed by atoms with E-state index in [4.69, 9.17) is 4.74 Å². The van der Waals surface area contributed by atoms with E-state index in [1.54, 1.807) is 0 Å². The van der Waals surface area contributed by atoms with Crippen molar-refractivity contribution in [3.8, 4) is 0 Å². The first-order valence-corrected chi connectivity index (χ1v) is 6.24. The molecule has 0 aliphatic carbocycles. The molecule has 0 fully saturated rings. The molecule has 0 amide bonds. The van der Waals surface area contributed by atoms with Gasteiger partial charge in [-0.2, -0.15) is 0 Å². The summed E-state index contributed by atoms with van der Waals surface area (Å²) in [5.41, 5.74) is 2.62. The van der Waals surface area contributed by atoms with Gasteiger partial charge in [0, 0.05) is 13.1 Å². The summed E-state index contributed by atoms with van der Waals surface area (Å²) in [6.07, 6.45) is 0. The molecule has 0 heterocycles. The van der Waals surface area contributed by atoms with Crippen LogP contribution in [0.15, 0.2) is 24.3 Å². The zero-order valence-corrected chi connectivity index (χ0v) is 11.2. The maximum Gasteiger partial charge on any atom is 0.0720 e. The van der Waals surface area contributed by atoms with E-state index in [1.165, 1.54) is 11.1 Å². The third-order valence-electron chi connectivity index (χ3n) is 2.62. The number of nitrogens with zero attached hydrogens (tertiary/aromatic N) is 1. The molecule has 0 bridgehead atoms. The quantitative estimate of drug-likeness (QED) is 0.697. The Hall–Kier alpha value is -0.900. The highest BCUT2D eigenvalue weighted by Gasteiger charge is 2.01. The predicted octanol–water partition coefficient (Wildman–Crippen LogP) is 1.87. The van der Waals surface area contributed by atoms with Gasteiger partial charge >= 0.3 is 0 Å². The summed E-state index contributed by atoms with van der Waals surface area (Å²) in [7, 11) is 4.12. The van der Waals surface area contributed by atoms with Gasteiger partial charge < -0.3 is 15.0 Å². The van der Waals surface area contributed by atoms with Gasteiger partial charge in [-0.05, 0) is 31.8 Å². The minimum atomic E-state index is 0.704. The largest absolute Gasteiger partial charge is 0.375 e. The van der Waals surface area contributed by atoms with Crippen LogP contribution in [0.2, 0.25) is 0 Å². The van der Waals surface area contributed by atoms with Crippen LogP contribution in [0.25, 0.3) is 0 Å². The Morgan fingerprint density at radius 3 is 2.53 bits per heavy atom. The summed E-state index contributed by atoms with van der Waals surface area (Å²) < 4.78 is 5.68. The normalized spacial score (nSPS) is 11.1. The minimum Gasteiger partial charge on any atom is -0.375 e. The van der Waals surface area contributed by atoms with Crippen LogP contribution >= 0.6 is 0 Å². The molecule has 1 aromatic carbocycles. The van der Waals surface area contributed by atoms with Crippen LogP contribution in [-0.4, -0.2) is 38.7 Å². The van der Waals surface area contributed by atoms with Crippen LogP contribution in [0.3, 0.4) is 0 Å². The minimum absolute atomic E-state index is 0.704. The van der Waals surface area contributed by atoms with Crippen LogP contribution < -0.4 is 5.32 Å². The fraction of sp³-hybridized carbons (Fsp3) is 0.571. The number of hydrogen-bond donors (Lipinski definition) is 1. The average Bonchev–Trinajstić information content (AvgIpc) is 2.33. The standard InChI is InChI=1S/C14H24N2O/c1-4-15-11-13-7-5-6-8-14(13)12-17-10-9-16(2)3/h5-8,15H,4,9-12H2,1-3H3. The third-order valence-corrected chi connectivity index (χ3v) is 2.62. The van der Waals surface area contributed by atoms with Crippen molar-refractivity contribution in [1.29, 1.82) is 0 Å². The van der Waals surface area contributed by atoms with Gasteiger partial charge in [0.2, 0.25) is 0 Å². The van der Waals surface area contributed by atoms with Gasteiger partial charge in [0.05, 0.1) is 13.2 Å². The second kappa shape index (κ2) is 8.23. The van der Waals surface area contributed by atoms with Crippen molar-refractivity contribution in [3.05, 3.63) is 35.4 Å². The van der Waals surface area contributed by atoms with Crippen LogP contribution in [0.4, 0.5) is 0 Å². The van der Waals surface area contributed by atoms with E-state index in [2.05, 4.69) is 55.5 Å². The molecule has 3 nitrogen and oxygen atoms in total. The van der Waals surface area contributed by atoms with E-state index in [0.717, 1.165) is 26.2 Å². The maximum atomic E-state index is 5.68. The lowest BCUT2D eigenvalue weighted by molar-refractivity contribution is 0.105. The van der Waals surface area contributed by atoms with Crippen molar-refractivity contribution in [3.63, 3.8) is 0 Å². The van der Waals surface area contributed by atoms with Crippen molar-refractivity contribution in [2.75, 3.05) is 33.8 Å². The van der Waals surface area contributed by atoms with Gasteiger partial charge in [0.1, 0.15) is 0 Å². The molecule has 96 valence electrons. The molecular weight excluding hydrogens is 212 g/mol. The zero-order valence-electron chi connectivity index (χ0n) is 11.2. The molecule has 0 aliphatic rings. The highest BCUT2D eigenvalue weighted by atomic mass is 16.5. The molecule has 17 heavy (non-hydrogen) atoms. The zero-order chi connectivity index (χ0) is 12.5. The molecular formula is C14H24N2O. The summed E-state index contributed by atoms with van der Waals surface area (Å²) in [4.78, 5) is 2.13. The van der Waals surface area contributed by atoms with Gasteiger partial charge in [-0.3, -0.25) is 0 Å². The average molecular weight is 236 g/mol. The van der Waals surface area contributed by atoms with E-state index in [1.807, 2.05) is 0 Å². The number of nitrogens with one attached hydrogen (secondary N) is 1. The number of benzene rings is 1. The molecule has 0 unspecified atom stereocenters. The molecule has 0 saturated heterocycles. The van der Waals surface area contributed by atoms with Gasteiger partial charge in [0.15, 0.2) is 0 Å². The van der Waals surface area contributed by atoms with Crippen LogP contribution in [0.1, 0.15) is 18.1 Å². The Morgan fingerprint density at radius 2 is 1.88 bits per heavy atom. The molecule has 1 aromatic rings. The molecule has 1 rings (SSSR count). The summed E-state index contributed by atoms with van der Waals surface area (Å²) in [5.74, 6) is 0. The van der Waals surface area contributed by atoms with Crippen LogP contribution in [0.5, 0.6) is 0 Å². The van der Waals surface area contributed by atoms with Crippen molar-refractivity contribution < 1.29 is 4.74 Å². The van der Waals surface area contributed by atoms with Gasteiger partial charge in [-0.25, -0.2) is 0 Å². The Morgan fingerprint density at radius 1 is 1.18 bits per heavy atom. The molecule has 0 saturated carbocycles. The Balaban J connectivity index is 2.40. The second-order valence-corrected chi connectivity index (χ2v) is 4.40. The molecule has 0 spiro atoms. The van der Waals surface area contributed by atoms with E-state index in [-0.39, 0.29) is 0 Å². The second-order valence-electron chi connectivity index (χ2n) is 4.40. The first-order valence-electron chi connectivity index (χ1n) is 6.24. The Kier molecular flexibility index (Phi) is 6.86. The Labute approximate surface area is 105 Å². The van der Waals surface area contributed by atoms with Gasteiger partial charge in [-0.15, -0.1) is 0 Å². The lowest BCUT2D eigenvalue weighted by Crippen LogP contribution is -2.18. The van der Waals surface area contributed by atoms with E-state index in [9.17, 15) is 0 Å². The maximum absolute atomic E-state index is 5.68. The SMILES string of the molecule is CCNCc1ccccc1COCCN(C)C. The van der Waals surface area contributed by atoms with Gasteiger partial charge in [0.25, 0.3) is 0 Å². The summed E-state index contributed by atoms with van der Waals surface area (Å²) >= 11 is 0. The van der Waals surface area contributed by atoms with Gasteiger partial charge in [-0.1, -0.05) is 31.2 Å². The number of likely N-dealkylation sites (N-methyl/N-ethyl adjacent to an activating group) is 1. The lowest BCUT2D eigenvalue weighted by Gasteiger charge is -2.12. The number of hydrogen-bond acceptors (Lipinski definition) is 3. The van der Waals surface area contributed by atoms with Crippen molar-refractivity contribution in [2.24, 2.45) is 0 Å². The lowest BCUT2D eigenvalue weighted by atomic mass is 10.1.